The third-order valence-corrected chi connectivity index (χ3v) is 8.98. The Morgan fingerprint density at radius 1 is 0.577 bits per heavy atom. The number of benzene rings is 4. The van der Waals surface area contributed by atoms with Gasteiger partial charge in [-0.1, -0.05) is 23.2 Å². The number of aromatic nitrogens is 2. The van der Waals surface area contributed by atoms with Crippen LogP contribution in [0, 0.1) is 23.3 Å². The van der Waals surface area contributed by atoms with Gasteiger partial charge in [-0.15, -0.1) is 26.3 Å². The maximum absolute atomic E-state index is 15.0. The number of esters is 1. The fraction of sp³-hybridized carbons (Fsp3) is 0.116. The van der Waals surface area contributed by atoms with Crippen LogP contribution in [-0.2, 0) is 4.74 Å². The Labute approximate surface area is 409 Å². The molecule has 6 rings (SSSR count). The molecule has 16 nitrogen and oxygen atoms in total. The lowest BCUT2D eigenvalue weighted by Gasteiger charge is -2.17. The molecule has 0 saturated carbocycles. The number of halogens is 12. The lowest BCUT2D eigenvalue weighted by atomic mass is 10.1. The zero-order valence-electron chi connectivity index (χ0n) is 40.6. The van der Waals surface area contributed by atoms with Crippen LogP contribution >= 0.6 is 23.2 Å². The van der Waals surface area contributed by atoms with E-state index in [1.54, 1.807) is 0 Å². The molecule has 0 bridgehead atoms. The van der Waals surface area contributed by atoms with Crippen LogP contribution in [0.5, 0.6) is 46.0 Å². The Bertz CT molecular complexity index is 3250. The van der Waals surface area contributed by atoms with Gasteiger partial charge >= 0.3 is 18.7 Å². The number of hydrogen-bond acceptors (Lipinski definition) is 13. The molecule has 0 aliphatic rings. The molecule has 0 fully saturated rings. The second kappa shape index (κ2) is 22.4. The zero-order valence-corrected chi connectivity index (χ0v) is 36.1. The average Bonchev–Trinajstić information content (AvgIpc) is 3.31. The molecule has 2 aromatic heterocycles. The number of nitrogens with zero attached hydrogens (tertiary/aromatic N) is 2. The number of alkyl halides is 6. The van der Waals surface area contributed by atoms with Crippen molar-refractivity contribution in [1.82, 2.24) is 9.97 Å². The molecule has 0 spiro atoms. The van der Waals surface area contributed by atoms with Gasteiger partial charge in [0.05, 0.1) is 39.5 Å². The van der Waals surface area contributed by atoms with Crippen LogP contribution in [0.2, 0.25) is 10.0 Å². The van der Waals surface area contributed by atoms with E-state index >= 15 is 0 Å². The lowest BCUT2D eigenvalue weighted by molar-refractivity contribution is -0.276. The number of carbonyl (C=O) groups is 4. The molecule has 0 atom stereocenters. The van der Waals surface area contributed by atoms with Gasteiger partial charge in [-0.25, -0.2) is 18.6 Å². The second-order valence-electron chi connectivity index (χ2n) is 13.0. The fourth-order valence-electron chi connectivity index (χ4n) is 5.45. The summed E-state index contributed by atoms with van der Waals surface area (Å²) in [5.41, 5.74) is 2.81. The van der Waals surface area contributed by atoms with Crippen molar-refractivity contribution in [2.24, 2.45) is 5.73 Å². The summed E-state index contributed by atoms with van der Waals surface area (Å²) in [5, 5.41) is 3.39. The van der Waals surface area contributed by atoms with Gasteiger partial charge in [-0.05, 0) is 72.8 Å². The van der Waals surface area contributed by atoms with Crippen molar-refractivity contribution in [3.8, 4) is 46.0 Å². The van der Waals surface area contributed by atoms with E-state index in [2.05, 4.69) is 44.3 Å². The SMILES string of the molecule is [2H]C([2H])([2H])Oc1c(Oc2ccc(Cl)c(F)c2C(=O)Nc2ccnc(C(=O)OC)c2)ccc(OC(F)(F)F)c1F.[2H]C([2H])([2H])Oc1c(Oc2ccc(Cl)c(F)c2C(=O)Nc2ccnc(C(N)=O)c2)ccc(OC(F)(F)F)c1F. The summed E-state index contributed by atoms with van der Waals surface area (Å²) in [5.74, 6) is -19.3. The van der Waals surface area contributed by atoms with Gasteiger partial charge in [0, 0.05) is 23.8 Å². The number of ether oxygens (including phenoxy) is 7. The highest BCUT2D eigenvalue weighted by atomic mass is 35.5. The van der Waals surface area contributed by atoms with Crippen LogP contribution in [0.4, 0.5) is 55.3 Å². The van der Waals surface area contributed by atoms with Gasteiger partial charge in [0.2, 0.25) is 23.1 Å². The van der Waals surface area contributed by atoms with E-state index in [1.165, 1.54) is 12.1 Å². The molecule has 374 valence electrons. The van der Waals surface area contributed by atoms with Crippen molar-refractivity contribution < 1.29 is 104 Å². The first-order chi connectivity index (χ1) is 35.6. The molecule has 6 aromatic rings. The van der Waals surface area contributed by atoms with Crippen molar-refractivity contribution in [3.63, 3.8) is 0 Å². The quantitative estimate of drug-likeness (QED) is 0.0686. The first-order valence-corrected chi connectivity index (χ1v) is 19.2. The molecular weight excluding hydrogens is 1020 g/mol. The highest BCUT2D eigenvalue weighted by Crippen LogP contribution is 2.43. The number of nitrogens with two attached hydrogens (primary N) is 1. The molecule has 4 aromatic carbocycles. The number of amides is 3. The summed E-state index contributed by atoms with van der Waals surface area (Å²) < 4.78 is 210. The van der Waals surface area contributed by atoms with Crippen LogP contribution in [-0.4, -0.2) is 67.6 Å². The predicted octanol–water partition coefficient (Wildman–Crippen LogP) is 10.8. The summed E-state index contributed by atoms with van der Waals surface area (Å²) in [4.78, 5) is 56.3. The summed E-state index contributed by atoms with van der Waals surface area (Å²) in [6.07, 6.45) is -8.43. The second-order valence-corrected chi connectivity index (χ2v) is 13.8. The molecule has 0 saturated heterocycles. The Kier molecular flexibility index (Phi) is 14.3. The molecule has 0 aliphatic heterocycles. The first kappa shape index (κ1) is 45.2. The van der Waals surface area contributed by atoms with E-state index in [1.807, 2.05) is 0 Å². The number of nitrogens with one attached hydrogen (secondary N) is 2. The predicted molar refractivity (Wildman–Crippen MR) is 226 cm³/mol. The number of primary amides is 1. The Balaban J connectivity index is 0.000000284. The zero-order chi connectivity index (χ0) is 57.5. The summed E-state index contributed by atoms with van der Waals surface area (Å²) in [7, 11) is -5.66. The number of methoxy groups -OCH3 is 3. The van der Waals surface area contributed by atoms with Gasteiger partial charge in [-0.3, -0.25) is 19.4 Å². The minimum absolute atomic E-state index is 0.0492. The third kappa shape index (κ3) is 13.5. The van der Waals surface area contributed by atoms with Gasteiger partial charge in [0.15, 0.2) is 34.6 Å². The average molecular weight is 1060 g/mol. The molecule has 71 heavy (non-hydrogen) atoms. The first-order valence-electron chi connectivity index (χ1n) is 21.4. The topological polar surface area (TPSA) is 209 Å². The van der Waals surface area contributed by atoms with Crippen LogP contribution in [0.15, 0.2) is 85.2 Å². The monoisotopic (exact) mass is 1060 g/mol. The molecule has 3 amide bonds. The lowest BCUT2D eigenvalue weighted by Crippen LogP contribution is -2.18. The minimum atomic E-state index is -5.34. The van der Waals surface area contributed by atoms with Gasteiger partial charge in [0.25, 0.3) is 17.7 Å². The van der Waals surface area contributed by atoms with Crippen LogP contribution in [0.3, 0.4) is 0 Å². The molecule has 28 heteroatoms. The highest BCUT2D eigenvalue weighted by Gasteiger charge is 2.35. The summed E-state index contributed by atoms with van der Waals surface area (Å²) in [6.45, 7) is 0. The normalized spacial score (nSPS) is 12.6. The fourth-order valence-corrected chi connectivity index (χ4v) is 5.76. The maximum Gasteiger partial charge on any atom is 0.573 e. The van der Waals surface area contributed by atoms with Crippen molar-refractivity contribution in [3.05, 3.63) is 141 Å². The highest BCUT2D eigenvalue weighted by molar-refractivity contribution is 6.31. The van der Waals surface area contributed by atoms with Crippen molar-refractivity contribution >= 4 is 58.3 Å². The van der Waals surface area contributed by atoms with E-state index < -0.39 is 141 Å². The Morgan fingerprint density at radius 2 is 0.958 bits per heavy atom. The smallest absolute Gasteiger partial charge is 0.490 e. The van der Waals surface area contributed by atoms with E-state index in [0.29, 0.717) is 24.3 Å². The molecular formula is C43H27Cl2F10N5O11. The number of carbonyl (C=O) groups excluding carboxylic acids is 4. The summed E-state index contributed by atoms with van der Waals surface area (Å²) >= 11 is 11.5. The van der Waals surface area contributed by atoms with Gasteiger partial charge in [0.1, 0.15) is 34.0 Å². The van der Waals surface area contributed by atoms with Crippen LogP contribution < -0.4 is 44.8 Å². The number of hydrogen-bond donors (Lipinski definition) is 3. The molecule has 4 N–H and O–H groups in total. The van der Waals surface area contributed by atoms with Crippen LogP contribution in [0.25, 0.3) is 0 Å². The van der Waals surface area contributed by atoms with E-state index in [4.69, 9.17) is 46.6 Å². The van der Waals surface area contributed by atoms with E-state index in [-0.39, 0.29) is 22.8 Å². The van der Waals surface area contributed by atoms with Gasteiger partial charge in [-0.2, -0.15) is 8.78 Å². The van der Waals surface area contributed by atoms with Crippen molar-refractivity contribution in [1.29, 1.82) is 0 Å². The summed E-state index contributed by atoms with van der Waals surface area (Å²) in [6, 6.07) is 10.6. The van der Waals surface area contributed by atoms with Crippen molar-refractivity contribution in [2.75, 3.05) is 31.8 Å². The Hall–Kier alpha value is -8.26. The van der Waals surface area contributed by atoms with Crippen LogP contribution in [0.1, 0.15) is 49.9 Å². The number of rotatable bonds is 14. The minimum Gasteiger partial charge on any atom is -0.490 e. The molecule has 2 heterocycles. The molecule has 0 unspecified atom stereocenters. The van der Waals surface area contributed by atoms with E-state index in [0.717, 1.165) is 55.9 Å². The maximum atomic E-state index is 15.0. The van der Waals surface area contributed by atoms with Gasteiger partial charge < -0.3 is 49.5 Å². The van der Waals surface area contributed by atoms with E-state index in [9.17, 15) is 63.1 Å². The molecule has 0 aliphatic carbocycles. The number of pyridine rings is 2. The largest absolute Gasteiger partial charge is 0.573 e. The number of anilines is 2. The Morgan fingerprint density at radius 3 is 1.34 bits per heavy atom. The molecule has 0 radical (unpaired) electrons. The van der Waals surface area contributed by atoms with Crippen molar-refractivity contribution in [2.45, 2.75) is 12.7 Å². The standard InChI is InChI=1S/C22H14ClF5N2O6.C21H13ClF5N3O5/c1-33-19-15(6-5-14(18(19)25)36-22(26,27)28)35-13-4-3-11(23)17(24)16(13)20(31)30-10-7-8-29-12(9-10)21(32)34-2;1-33-18-14(5-4-13(17(18)24)35-21(25,26)27)34-12-3-2-10(22)16(23)15(12)20(32)30-9-6-7-29-11(8-9)19(28)31/h3-9H,1-2H3,(H,29,30,31);2-8H,1H3,(H2,28,31)(H,29,30,32)/i2*1D3. The third-order valence-electron chi connectivity index (χ3n) is 8.40.